The van der Waals surface area contributed by atoms with Gasteiger partial charge in [-0.15, -0.1) is 0 Å². The highest BCUT2D eigenvalue weighted by atomic mass is 16.7. The molecule has 0 unspecified atom stereocenters. The van der Waals surface area contributed by atoms with Gasteiger partial charge in [0.1, 0.15) is 0 Å². The summed E-state index contributed by atoms with van der Waals surface area (Å²) in [5, 5.41) is 0. The molecule has 3 nitrogen and oxygen atoms in total. The summed E-state index contributed by atoms with van der Waals surface area (Å²) >= 11 is 0. The van der Waals surface area contributed by atoms with E-state index in [1.165, 1.54) is 6.47 Å². The smallest absolute Gasteiger partial charge is 0.420 e. The third-order valence-corrected chi connectivity index (χ3v) is 0.807. The van der Waals surface area contributed by atoms with Crippen molar-refractivity contribution in [1.29, 1.82) is 0 Å². The van der Waals surface area contributed by atoms with Crippen molar-refractivity contribution in [2.45, 2.75) is 39.6 Å². The van der Waals surface area contributed by atoms with Crippen LogP contribution in [0.25, 0.3) is 0 Å². The Kier molecular flexibility index (Phi) is 3.36. The fraction of sp³-hybridized carbons (Fsp3) is 0.857. The summed E-state index contributed by atoms with van der Waals surface area (Å²) in [7, 11) is 0. The molecule has 3 heteroatoms. The molecule has 0 amide bonds. The van der Waals surface area contributed by atoms with Crippen LogP contribution in [-0.2, 0) is 14.3 Å². The van der Waals surface area contributed by atoms with Crippen LogP contribution in [0.2, 0.25) is 0 Å². The van der Waals surface area contributed by atoms with Crippen LogP contribution in [0.15, 0.2) is 0 Å². The number of hydrogen-bond acceptors (Lipinski definition) is 3. The summed E-state index contributed by atoms with van der Waals surface area (Å²) in [5.74, 6) is -0.851. The maximum Gasteiger partial charge on any atom is 0.420 e. The molecule has 10 heavy (non-hydrogen) atoms. The third kappa shape index (κ3) is 4.32. The maximum absolute atomic E-state index is 9.77. The Morgan fingerprint density at radius 3 is 2.20 bits per heavy atom. The summed E-state index contributed by atoms with van der Waals surface area (Å²) in [4.78, 5) is 9.77. The van der Waals surface area contributed by atoms with Gasteiger partial charge in [0.2, 0.25) is 5.79 Å². The lowest BCUT2D eigenvalue weighted by Gasteiger charge is -2.24. The largest absolute Gasteiger partial charge is 0.425 e. The fourth-order valence-electron chi connectivity index (χ4n) is 0.692. The second-order valence-electron chi connectivity index (χ2n) is 2.75. The standard InChI is InChI=1S/C7H13O3/c1-6(2)10-7(3,4)9-5-8/h6H,1-4H3. The minimum Gasteiger partial charge on any atom is -0.425 e. The van der Waals surface area contributed by atoms with E-state index < -0.39 is 5.79 Å². The van der Waals surface area contributed by atoms with Crippen molar-refractivity contribution in [2.24, 2.45) is 0 Å². The first-order valence-electron chi connectivity index (χ1n) is 3.21. The molecule has 0 fully saturated rings. The van der Waals surface area contributed by atoms with Crippen LogP contribution in [0.1, 0.15) is 27.7 Å². The van der Waals surface area contributed by atoms with Gasteiger partial charge in [0.05, 0.1) is 6.10 Å². The number of hydrogen-bond donors (Lipinski definition) is 0. The fourth-order valence-corrected chi connectivity index (χ4v) is 0.692. The Hall–Kier alpha value is -0.570. The molecular weight excluding hydrogens is 132 g/mol. The van der Waals surface area contributed by atoms with Crippen molar-refractivity contribution in [2.75, 3.05) is 0 Å². The lowest BCUT2D eigenvalue weighted by atomic mass is 10.3. The lowest BCUT2D eigenvalue weighted by Crippen LogP contribution is -2.30. The van der Waals surface area contributed by atoms with Gasteiger partial charge in [-0.2, -0.15) is 0 Å². The highest BCUT2D eigenvalue weighted by molar-refractivity contribution is 5.38. The predicted molar refractivity (Wildman–Crippen MR) is 37.1 cm³/mol. The van der Waals surface area contributed by atoms with Gasteiger partial charge in [0.25, 0.3) is 0 Å². The van der Waals surface area contributed by atoms with E-state index in [1.807, 2.05) is 13.8 Å². The van der Waals surface area contributed by atoms with E-state index in [0.29, 0.717) is 0 Å². The molecule has 0 bridgehead atoms. The van der Waals surface area contributed by atoms with Gasteiger partial charge in [-0.05, 0) is 13.8 Å². The van der Waals surface area contributed by atoms with Crippen molar-refractivity contribution in [3.05, 3.63) is 0 Å². The second-order valence-corrected chi connectivity index (χ2v) is 2.75. The van der Waals surface area contributed by atoms with Gasteiger partial charge < -0.3 is 9.47 Å². The molecule has 0 rings (SSSR count). The van der Waals surface area contributed by atoms with E-state index in [2.05, 4.69) is 4.74 Å². The first kappa shape index (κ1) is 9.43. The Labute approximate surface area is 61.3 Å². The first-order valence-corrected chi connectivity index (χ1v) is 3.21. The minimum absolute atomic E-state index is 0.0448. The Bertz CT molecular complexity index is 107. The highest BCUT2D eigenvalue weighted by Gasteiger charge is 2.20. The van der Waals surface area contributed by atoms with Crippen molar-refractivity contribution >= 4 is 6.47 Å². The summed E-state index contributed by atoms with van der Waals surface area (Å²) in [6.07, 6.45) is 0.0448. The van der Waals surface area contributed by atoms with Crippen LogP contribution in [0.4, 0.5) is 0 Å². The zero-order valence-corrected chi connectivity index (χ0v) is 6.80. The molecule has 0 atom stereocenters. The van der Waals surface area contributed by atoms with Crippen LogP contribution >= 0.6 is 0 Å². The molecule has 0 aliphatic carbocycles. The van der Waals surface area contributed by atoms with Crippen LogP contribution in [0.3, 0.4) is 0 Å². The van der Waals surface area contributed by atoms with E-state index in [1.54, 1.807) is 13.8 Å². The van der Waals surface area contributed by atoms with Gasteiger partial charge in [-0.1, -0.05) is 0 Å². The van der Waals surface area contributed by atoms with Crippen molar-refractivity contribution < 1.29 is 14.3 Å². The molecule has 0 aromatic carbocycles. The van der Waals surface area contributed by atoms with Crippen LogP contribution in [0.5, 0.6) is 0 Å². The SMILES string of the molecule is CC(C)OC(C)(C)O[C]=O. The topological polar surface area (TPSA) is 35.5 Å². The van der Waals surface area contributed by atoms with Gasteiger partial charge in [-0.3, -0.25) is 0 Å². The molecular formula is C7H13O3. The van der Waals surface area contributed by atoms with E-state index in [-0.39, 0.29) is 6.10 Å². The normalized spacial score (nSPS) is 11.7. The molecule has 0 saturated heterocycles. The van der Waals surface area contributed by atoms with Gasteiger partial charge >= 0.3 is 6.47 Å². The zero-order chi connectivity index (χ0) is 8.20. The minimum atomic E-state index is -0.851. The summed E-state index contributed by atoms with van der Waals surface area (Å²) < 4.78 is 9.71. The van der Waals surface area contributed by atoms with Gasteiger partial charge in [-0.25, -0.2) is 4.79 Å². The van der Waals surface area contributed by atoms with Crippen LogP contribution in [0, 0.1) is 0 Å². The van der Waals surface area contributed by atoms with Gasteiger partial charge in [0.15, 0.2) is 0 Å². The molecule has 0 spiro atoms. The Morgan fingerprint density at radius 2 is 1.90 bits per heavy atom. The summed E-state index contributed by atoms with van der Waals surface area (Å²) in [6.45, 7) is 8.41. The zero-order valence-electron chi connectivity index (χ0n) is 6.80. The van der Waals surface area contributed by atoms with E-state index in [9.17, 15) is 4.79 Å². The average molecular weight is 145 g/mol. The molecule has 0 heterocycles. The van der Waals surface area contributed by atoms with E-state index in [0.717, 1.165) is 0 Å². The van der Waals surface area contributed by atoms with Crippen LogP contribution < -0.4 is 0 Å². The monoisotopic (exact) mass is 145 g/mol. The molecule has 59 valence electrons. The first-order chi connectivity index (χ1) is 4.48. The molecule has 0 aliphatic rings. The lowest BCUT2D eigenvalue weighted by molar-refractivity contribution is -0.186. The van der Waals surface area contributed by atoms with E-state index >= 15 is 0 Å². The Balaban J connectivity index is 3.73. The van der Waals surface area contributed by atoms with Gasteiger partial charge in [0, 0.05) is 13.8 Å². The molecule has 0 N–H and O–H groups in total. The average Bonchev–Trinajstić information content (AvgIpc) is 1.59. The number of carbonyl (C=O) groups excluding carboxylic acids is 1. The van der Waals surface area contributed by atoms with Crippen molar-refractivity contribution in [3.63, 3.8) is 0 Å². The van der Waals surface area contributed by atoms with Crippen molar-refractivity contribution in [3.8, 4) is 0 Å². The van der Waals surface area contributed by atoms with E-state index in [4.69, 9.17) is 4.74 Å². The summed E-state index contributed by atoms with van der Waals surface area (Å²) in [6, 6.07) is 0. The molecule has 0 aromatic heterocycles. The van der Waals surface area contributed by atoms with Crippen molar-refractivity contribution in [1.82, 2.24) is 0 Å². The number of ether oxygens (including phenoxy) is 2. The molecule has 0 aromatic rings. The maximum atomic E-state index is 9.77. The molecule has 0 aliphatic heterocycles. The summed E-state index contributed by atoms with van der Waals surface area (Å²) in [5.41, 5.74) is 0. The molecule has 1 radical (unpaired) electrons. The quantitative estimate of drug-likeness (QED) is 0.558. The predicted octanol–water partition coefficient (Wildman–Crippen LogP) is 1.23. The Morgan fingerprint density at radius 1 is 1.40 bits per heavy atom. The third-order valence-electron chi connectivity index (χ3n) is 0.807. The molecule has 0 saturated carbocycles. The second kappa shape index (κ2) is 3.56. The van der Waals surface area contributed by atoms with Crippen LogP contribution in [-0.4, -0.2) is 18.4 Å². The highest BCUT2D eigenvalue weighted by Crippen LogP contribution is 2.11. The number of rotatable bonds is 4.